The molecule has 0 heterocycles. The van der Waals surface area contributed by atoms with Crippen molar-refractivity contribution in [3.63, 3.8) is 0 Å². The van der Waals surface area contributed by atoms with Crippen molar-refractivity contribution in [2.24, 2.45) is 0 Å². The largest absolute Gasteiger partial charge is 0.423 e. The van der Waals surface area contributed by atoms with Crippen LogP contribution in [0.3, 0.4) is 0 Å². The highest BCUT2D eigenvalue weighted by Gasteiger charge is 2.50. The first-order chi connectivity index (χ1) is 12.4. The van der Waals surface area contributed by atoms with Gasteiger partial charge in [0.15, 0.2) is 6.79 Å². The number of ether oxygens (including phenoxy) is 1. The highest BCUT2D eigenvalue weighted by Crippen LogP contribution is 2.36. The van der Waals surface area contributed by atoms with Crippen LogP contribution in [-0.2, 0) is 9.16 Å². The number of hydrogen-bond acceptors (Lipinski definition) is 3. The molecule has 2 aromatic carbocycles. The van der Waals surface area contributed by atoms with E-state index in [0.29, 0.717) is 0 Å². The van der Waals surface area contributed by atoms with Crippen molar-refractivity contribution in [1.29, 1.82) is 0 Å². The Kier molecular flexibility index (Phi) is 5.49. The first-order valence-electron chi connectivity index (χ1n) is 9.12. The fourth-order valence-corrected chi connectivity index (χ4v) is 7.76. The number of alkyl carbamates (subject to hydrolysis) is 1. The van der Waals surface area contributed by atoms with Gasteiger partial charge in [-0.25, -0.2) is 4.79 Å². The number of carbonyl (C=O) groups is 1. The van der Waals surface area contributed by atoms with Gasteiger partial charge in [-0.05, 0) is 28.3 Å². The molecule has 2 aromatic rings. The Morgan fingerprint density at radius 3 is 1.92 bits per heavy atom. The summed E-state index contributed by atoms with van der Waals surface area (Å²) in [7, 11) is -2.65. The van der Waals surface area contributed by atoms with E-state index < -0.39 is 14.4 Å². The maximum absolute atomic E-state index is 11.9. The Morgan fingerprint density at radius 1 is 1.00 bits per heavy atom. The molecule has 1 N–H and O–H groups in total. The number of carbonyl (C=O) groups excluding carboxylic acids is 1. The zero-order valence-electron chi connectivity index (χ0n) is 15.7. The lowest BCUT2D eigenvalue weighted by Crippen LogP contribution is -2.66. The molecule has 1 aliphatic carbocycles. The molecular weight excluding hydrogens is 342 g/mol. The van der Waals surface area contributed by atoms with Crippen molar-refractivity contribution >= 4 is 24.8 Å². The van der Waals surface area contributed by atoms with Crippen LogP contribution in [0.2, 0.25) is 5.04 Å². The van der Waals surface area contributed by atoms with E-state index in [1.165, 1.54) is 10.4 Å². The second-order valence-corrected chi connectivity index (χ2v) is 12.1. The molecular formula is C21H27NO3Si. The zero-order chi connectivity index (χ0) is 18.6. The molecule has 138 valence electrons. The van der Waals surface area contributed by atoms with Crippen molar-refractivity contribution < 1.29 is 14.0 Å². The van der Waals surface area contributed by atoms with E-state index >= 15 is 0 Å². The van der Waals surface area contributed by atoms with Gasteiger partial charge >= 0.3 is 6.09 Å². The zero-order valence-corrected chi connectivity index (χ0v) is 16.7. The third-order valence-corrected chi connectivity index (χ3v) is 9.74. The summed E-state index contributed by atoms with van der Waals surface area (Å²) in [5.41, 5.74) is 0. The van der Waals surface area contributed by atoms with Crippen LogP contribution in [0.25, 0.3) is 0 Å². The Labute approximate surface area is 156 Å². The van der Waals surface area contributed by atoms with E-state index in [2.05, 4.69) is 50.4 Å². The minimum Gasteiger partial charge on any atom is -0.423 e. The second-order valence-electron chi connectivity index (χ2n) is 7.78. The Bertz CT molecular complexity index is 684. The fraction of sp³-hybridized carbons (Fsp3) is 0.381. The molecule has 5 heteroatoms. The average molecular weight is 370 g/mol. The summed E-state index contributed by atoms with van der Waals surface area (Å²) in [5.74, 6) is 0. The minimum absolute atomic E-state index is 0.0498. The number of rotatable bonds is 6. The van der Waals surface area contributed by atoms with Crippen LogP contribution in [0.5, 0.6) is 0 Å². The summed E-state index contributed by atoms with van der Waals surface area (Å²) in [6.45, 7) is 6.54. The van der Waals surface area contributed by atoms with E-state index in [-0.39, 0.29) is 17.9 Å². The summed E-state index contributed by atoms with van der Waals surface area (Å²) in [5, 5.41) is 5.04. The Hall–Kier alpha value is -2.11. The molecule has 26 heavy (non-hydrogen) atoms. The molecule has 0 radical (unpaired) electrons. The lowest BCUT2D eigenvalue weighted by Gasteiger charge is -2.42. The van der Waals surface area contributed by atoms with E-state index in [9.17, 15) is 4.79 Å². The molecule has 0 aliphatic heterocycles. The van der Waals surface area contributed by atoms with Crippen molar-refractivity contribution in [2.75, 3.05) is 6.79 Å². The molecule has 0 bridgehead atoms. The molecule has 0 saturated heterocycles. The van der Waals surface area contributed by atoms with Crippen LogP contribution in [0, 0.1) is 0 Å². The highest BCUT2D eigenvalue weighted by atomic mass is 28.4. The molecule has 1 fully saturated rings. The Morgan fingerprint density at radius 2 is 1.50 bits per heavy atom. The molecule has 3 rings (SSSR count). The topological polar surface area (TPSA) is 47.6 Å². The van der Waals surface area contributed by atoms with Gasteiger partial charge in [-0.3, -0.25) is 0 Å². The molecule has 0 aromatic heterocycles. The van der Waals surface area contributed by atoms with Crippen molar-refractivity contribution in [3.05, 3.63) is 60.7 Å². The Balaban J connectivity index is 1.90. The van der Waals surface area contributed by atoms with Crippen LogP contribution in [0.4, 0.5) is 4.79 Å². The summed E-state index contributed by atoms with van der Waals surface area (Å²) in [6, 6.07) is 20.9. The first kappa shape index (κ1) is 18.7. The van der Waals surface area contributed by atoms with Gasteiger partial charge in [0.1, 0.15) is 0 Å². The number of amides is 1. The van der Waals surface area contributed by atoms with Gasteiger partial charge in [-0.1, -0.05) is 81.4 Å². The predicted molar refractivity (Wildman–Crippen MR) is 106 cm³/mol. The SMILES string of the molecule is CC(C)(C)[Si](OCOC(=O)NC1CC1)(c1ccccc1)c1ccccc1. The molecule has 0 atom stereocenters. The van der Waals surface area contributed by atoms with Crippen LogP contribution in [-0.4, -0.2) is 27.2 Å². The molecule has 4 nitrogen and oxygen atoms in total. The molecule has 1 aliphatic rings. The van der Waals surface area contributed by atoms with Gasteiger partial charge in [0, 0.05) is 6.04 Å². The molecule has 1 amide bonds. The smallest absolute Gasteiger partial charge is 0.409 e. The standard InChI is InChI=1S/C21H27NO3Si/c1-21(2,3)26(18-10-6-4-7-11-18,19-12-8-5-9-13-19)25-16-24-20(23)22-17-14-15-17/h4-13,17H,14-16H2,1-3H3,(H,22,23). The van der Waals surface area contributed by atoms with Gasteiger partial charge in [0.25, 0.3) is 8.32 Å². The third-order valence-electron chi connectivity index (χ3n) is 4.78. The van der Waals surface area contributed by atoms with E-state index in [1.54, 1.807) is 0 Å². The van der Waals surface area contributed by atoms with Gasteiger partial charge in [0.05, 0.1) is 0 Å². The van der Waals surface area contributed by atoms with Crippen molar-refractivity contribution in [1.82, 2.24) is 5.32 Å². The first-order valence-corrected chi connectivity index (χ1v) is 11.0. The fourth-order valence-electron chi connectivity index (χ4n) is 3.37. The van der Waals surface area contributed by atoms with Crippen molar-refractivity contribution in [2.45, 2.75) is 44.7 Å². The van der Waals surface area contributed by atoms with E-state index in [0.717, 1.165) is 12.8 Å². The number of hydrogen-bond donors (Lipinski definition) is 1. The summed E-state index contributed by atoms with van der Waals surface area (Å²) < 4.78 is 11.8. The number of nitrogens with one attached hydrogen (secondary N) is 1. The van der Waals surface area contributed by atoms with Crippen LogP contribution in [0.1, 0.15) is 33.6 Å². The summed E-state index contributed by atoms with van der Waals surface area (Å²) >= 11 is 0. The highest BCUT2D eigenvalue weighted by molar-refractivity contribution is 6.99. The lowest BCUT2D eigenvalue weighted by atomic mass is 10.2. The van der Waals surface area contributed by atoms with Gasteiger partial charge in [0.2, 0.25) is 0 Å². The predicted octanol–water partition coefficient (Wildman–Crippen LogP) is 3.41. The quantitative estimate of drug-likeness (QED) is 0.627. The van der Waals surface area contributed by atoms with Gasteiger partial charge in [-0.15, -0.1) is 0 Å². The van der Waals surface area contributed by atoms with Crippen molar-refractivity contribution in [3.8, 4) is 0 Å². The monoisotopic (exact) mass is 369 g/mol. The molecule has 1 saturated carbocycles. The average Bonchev–Trinajstić information content (AvgIpc) is 3.43. The molecule has 0 spiro atoms. The minimum atomic E-state index is -2.65. The third kappa shape index (κ3) is 4.00. The van der Waals surface area contributed by atoms with Crippen LogP contribution >= 0.6 is 0 Å². The summed E-state index contributed by atoms with van der Waals surface area (Å²) in [4.78, 5) is 11.9. The van der Waals surface area contributed by atoms with E-state index in [4.69, 9.17) is 9.16 Å². The van der Waals surface area contributed by atoms with Gasteiger partial charge in [-0.2, -0.15) is 0 Å². The number of benzene rings is 2. The maximum atomic E-state index is 11.9. The van der Waals surface area contributed by atoms with Crippen LogP contribution < -0.4 is 15.7 Å². The van der Waals surface area contributed by atoms with Crippen LogP contribution in [0.15, 0.2) is 60.7 Å². The summed E-state index contributed by atoms with van der Waals surface area (Å²) in [6.07, 6.45) is 1.67. The molecule has 0 unspecified atom stereocenters. The normalized spacial score (nSPS) is 14.7. The second kappa shape index (κ2) is 7.64. The maximum Gasteiger partial charge on any atom is 0.409 e. The lowest BCUT2D eigenvalue weighted by molar-refractivity contribution is 0.0533. The van der Waals surface area contributed by atoms with Gasteiger partial charge < -0.3 is 14.5 Å². The van der Waals surface area contributed by atoms with E-state index in [1.807, 2.05) is 36.4 Å².